The van der Waals surface area contributed by atoms with E-state index in [9.17, 15) is 9.90 Å². The minimum atomic E-state index is -0.207. The van der Waals surface area contributed by atoms with Crippen molar-refractivity contribution >= 4 is 18.0 Å². The number of rotatable bonds is 3. The van der Waals surface area contributed by atoms with Crippen LogP contribution in [0.4, 0.5) is 0 Å². The van der Waals surface area contributed by atoms with Gasteiger partial charge in [-0.25, -0.2) is 4.72 Å². The molecule has 0 aromatic carbocycles. The van der Waals surface area contributed by atoms with Crippen LogP contribution < -0.4 is 4.72 Å². The quantitative estimate of drug-likeness (QED) is 0.590. The summed E-state index contributed by atoms with van der Waals surface area (Å²) in [5.41, 5.74) is 1.41. The zero-order chi connectivity index (χ0) is 17.8. The topological polar surface area (TPSA) is 58.6 Å². The Labute approximate surface area is 155 Å². The van der Waals surface area contributed by atoms with E-state index in [4.69, 9.17) is 4.18 Å². The second kappa shape index (κ2) is 6.36. The minimum absolute atomic E-state index is 0.0256. The standard InChI is InChI=1S/C20H31NO3S/c1-19-9-8-13(22)10-12(19)4-5-14-15-6-7-17(23)20(15,2)11-16(18(14)19)24-25-21-3/h10,14-18,21,23H,4-9,11H2,1-3H3. The second-order valence-corrected chi connectivity index (χ2v) is 9.88. The van der Waals surface area contributed by atoms with Crippen molar-refractivity contribution in [2.75, 3.05) is 7.05 Å². The monoisotopic (exact) mass is 365 g/mol. The average Bonchev–Trinajstić information content (AvgIpc) is 2.88. The SMILES string of the molecule is CNSOC1CC2(C)C(O)CCC2C2CCC3=CC(=O)CCC3(C)C12. The molecule has 140 valence electrons. The van der Waals surface area contributed by atoms with Crippen LogP contribution >= 0.6 is 12.2 Å². The van der Waals surface area contributed by atoms with Crippen molar-refractivity contribution in [3.8, 4) is 0 Å². The summed E-state index contributed by atoms with van der Waals surface area (Å²) in [5.74, 6) is 1.92. The maximum absolute atomic E-state index is 12.0. The maximum Gasteiger partial charge on any atom is 0.155 e. The number of carbonyl (C=O) groups is 1. The van der Waals surface area contributed by atoms with E-state index < -0.39 is 0 Å². The van der Waals surface area contributed by atoms with E-state index >= 15 is 0 Å². The van der Waals surface area contributed by atoms with Crippen LogP contribution in [0.15, 0.2) is 11.6 Å². The van der Waals surface area contributed by atoms with E-state index in [0.29, 0.717) is 30.0 Å². The summed E-state index contributed by atoms with van der Waals surface area (Å²) in [6.07, 6.45) is 8.64. The third kappa shape index (κ3) is 2.65. The number of allylic oxidation sites excluding steroid dienone is 1. The lowest BCUT2D eigenvalue weighted by atomic mass is 9.46. The Hall–Kier alpha value is -0.360. The van der Waals surface area contributed by atoms with Crippen LogP contribution in [0.1, 0.15) is 58.8 Å². The molecule has 0 aliphatic heterocycles. The largest absolute Gasteiger partial charge is 0.393 e. The predicted octanol–water partition coefficient (Wildman–Crippen LogP) is 3.66. The van der Waals surface area contributed by atoms with Gasteiger partial charge in [-0.3, -0.25) is 8.98 Å². The number of aliphatic hydroxyl groups is 1. The molecule has 0 spiro atoms. The molecule has 0 heterocycles. The molecule has 5 heteroatoms. The summed E-state index contributed by atoms with van der Waals surface area (Å²) in [4.78, 5) is 12.0. The summed E-state index contributed by atoms with van der Waals surface area (Å²) in [6.45, 7) is 4.65. The summed E-state index contributed by atoms with van der Waals surface area (Å²) in [7, 11) is 1.88. The molecule has 7 atom stereocenters. The van der Waals surface area contributed by atoms with Gasteiger partial charge in [-0.1, -0.05) is 19.4 Å². The molecule has 4 aliphatic rings. The maximum atomic E-state index is 12.0. The Bertz CT molecular complexity index is 593. The van der Waals surface area contributed by atoms with Gasteiger partial charge in [0.1, 0.15) is 0 Å². The number of ketones is 1. The number of aliphatic hydroxyl groups excluding tert-OH is 1. The lowest BCUT2D eigenvalue weighted by Crippen LogP contribution is -2.57. The zero-order valence-corrected chi connectivity index (χ0v) is 16.4. The third-order valence-electron chi connectivity index (χ3n) is 8.08. The molecule has 0 radical (unpaired) electrons. The first-order valence-corrected chi connectivity index (χ1v) is 10.6. The van der Waals surface area contributed by atoms with Gasteiger partial charge in [0, 0.05) is 6.42 Å². The van der Waals surface area contributed by atoms with Crippen molar-refractivity contribution in [3.05, 3.63) is 11.6 Å². The van der Waals surface area contributed by atoms with Gasteiger partial charge in [-0.15, -0.1) is 0 Å². The molecule has 0 bridgehead atoms. The highest BCUT2D eigenvalue weighted by Gasteiger charge is 2.62. The molecule has 0 amide bonds. The number of hydrogen-bond donors (Lipinski definition) is 2. The Morgan fingerprint density at radius 1 is 1.28 bits per heavy atom. The molecule has 7 unspecified atom stereocenters. The van der Waals surface area contributed by atoms with Gasteiger partial charge in [-0.05, 0) is 80.2 Å². The highest BCUT2D eigenvalue weighted by atomic mass is 32.2. The van der Waals surface area contributed by atoms with Gasteiger partial charge >= 0.3 is 0 Å². The van der Waals surface area contributed by atoms with E-state index in [2.05, 4.69) is 18.6 Å². The molecule has 0 aromatic heterocycles. The molecule has 0 aromatic rings. The molecule has 4 rings (SSSR count). The van der Waals surface area contributed by atoms with Crippen LogP contribution in [0.25, 0.3) is 0 Å². The van der Waals surface area contributed by atoms with Crippen molar-refractivity contribution in [1.82, 2.24) is 4.72 Å². The molecule has 25 heavy (non-hydrogen) atoms. The van der Waals surface area contributed by atoms with Gasteiger partial charge in [0.2, 0.25) is 0 Å². The van der Waals surface area contributed by atoms with E-state index in [1.165, 1.54) is 17.8 Å². The Morgan fingerprint density at radius 3 is 2.84 bits per heavy atom. The Morgan fingerprint density at radius 2 is 2.08 bits per heavy atom. The first kappa shape index (κ1) is 18.0. The summed E-state index contributed by atoms with van der Waals surface area (Å²) < 4.78 is 9.30. The minimum Gasteiger partial charge on any atom is -0.393 e. The number of nitrogens with one attached hydrogen (secondary N) is 1. The fourth-order valence-electron chi connectivity index (χ4n) is 6.82. The molecular formula is C20H31NO3S. The first-order valence-electron chi connectivity index (χ1n) is 9.81. The van der Waals surface area contributed by atoms with Crippen LogP contribution in [-0.4, -0.2) is 30.1 Å². The van der Waals surface area contributed by atoms with Crippen LogP contribution in [0, 0.1) is 28.6 Å². The lowest BCUT2D eigenvalue weighted by molar-refractivity contribution is -0.132. The van der Waals surface area contributed by atoms with Gasteiger partial charge in [-0.2, -0.15) is 0 Å². The van der Waals surface area contributed by atoms with E-state index in [-0.39, 0.29) is 23.0 Å². The van der Waals surface area contributed by atoms with Crippen LogP contribution in [0.5, 0.6) is 0 Å². The van der Waals surface area contributed by atoms with Crippen LogP contribution in [0.2, 0.25) is 0 Å². The molecule has 4 aliphatic carbocycles. The summed E-state index contributed by atoms with van der Waals surface area (Å²) >= 11 is 1.33. The number of carbonyl (C=O) groups excluding carboxylic acids is 1. The normalized spacial score (nSPS) is 49.2. The molecule has 3 saturated carbocycles. The number of hydrogen-bond acceptors (Lipinski definition) is 5. The van der Waals surface area contributed by atoms with Crippen molar-refractivity contribution in [2.45, 2.75) is 71.0 Å². The zero-order valence-electron chi connectivity index (χ0n) is 15.6. The Balaban J connectivity index is 1.73. The molecule has 2 N–H and O–H groups in total. The molecule has 4 nitrogen and oxygen atoms in total. The van der Waals surface area contributed by atoms with Gasteiger partial charge < -0.3 is 5.11 Å². The van der Waals surface area contributed by atoms with Crippen molar-refractivity contribution in [3.63, 3.8) is 0 Å². The number of fused-ring (bicyclic) bond motifs is 5. The van der Waals surface area contributed by atoms with E-state index in [1.54, 1.807) is 0 Å². The smallest absolute Gasteiger partial charge is 0.155 e. The fourth-order valence-corrected chi connectivity index (χ4v) is 7.23. The van der Waals surface area contributed by atoms with Crippen LogP contribution in [-0.2, 0) is 8.98 Å². The highest BCUT2D eigenvalue weighted by molar-refractivity contribution is 7.92. The summed E-state index contributed by atoms with van der Waals surface area (Å²) in [6, 6.07) is 0. The third-order valence-corrected chi connectivity index (χ3v) is 8.59. The predicted molar refractivity (Wildman–Crippen MR) is 99.6 cm³/mol. The summed E-state index contributed by atoms with van der Waals surface area (Å²) in [5, 5.41) is 10.7. The van der Waals surface area contributed by atoms with E-state index in [1.807, 2.05) is 13.1 Å². The van der Waals surface area contributed by atoms with Crippen LogP contribution in [0.3, 0.4) is 0 Å². The molecule has 3 fully saturated rings. The van der Waals surface area contributed by atoms with Crippen molar-refractivity contribution in [2.24, 2.45) is 28.6 Å². The Kier molecular flexibility index (Phi) is 4.59. The molecular weight excluding hydrogens is 334 g/mol. The second-order valence-electron chi connectivity index (χ2n) is 9.11. The molecule has 0 saturated heterocycles. The van der Waals surface area contributed by atoms with Crippen molar-refractivity contribution < 1.29 is 14.1 Å². The first-order chi connectivity index (χ1) is 11.9. The highest BCUT2D eigenvalue weighted by Crippen LogP contribution is 2.65. The van der Waals surface area contributed by atoms with Gasteiger partial charge in [0.15, 0.2) is 5.78 Å². The fraction of sp³-hybridized carbons (Fsp3) is 0.850. The van der Waals surface area contributed by atoms with E-state index in [0.717, 1.165) is 38.5 Å². The average molecular weight is 366 g/mol. The van der Waals surface area contributed by atoms with Gasteiger partial charge in [0.05, 0.1) is 24.4 Å². The van der Waals surface area contributed by atoms with Gasteiger partial charge in [0.25, 0.3) is 0 Å². The lowest BCUT2D eigenvalue weighted by Gasteiger charge is -2.60. The van der Waals surface area contributed by atoms with Crippen molar-refractivity contribution in [1.29, 1.82) is 0 Å².